The highest BCUT2D eigenvalue weighted by Crippen LogP contribution is 2.35. The van der Waals surface area contributed by atoms with Gasteiger partial charge in [-0.2, -0.15) is 0 Å². The first-order valence-corrected chi connectivity index (χ1v) is 11.5. The average Bonchev–Trinajstić information content (AvgIpc) is 2.86. The van der Waals surface area contributed by atoms with E-state index in [9.17, 15) is 9.90 Å². The number of methoxy groups -OCH3 is 1. The molecule has 0 aliphatic heterocycles. The largest absolute Gasteiger partial charge is 0.497 e. The Bertz CT molecular complexity index is 1330. The Morgan fingerprint density at radius 1 is 0.971 bits per heavy atom. The number of aliphatic carboxylic acids is 1. The summed E-state index contributed by atoms with van der Waals surface area (Å²) in [5.74, 6) is 0.0164. The van der Waals surface area contributed by atoms with E-state index >= 15 is 0 Å². The van der Waals surface area contributed by atoms with Crippen LogP contribution >= 0.6 is 0 Å². The average molecular weight is 454 g/mol. The molecule has 34 heavy (non-hydrogen) atoms. The Kier molecular flexibility index (Phi) is 6.71. The molecule has 174 valence electrons. The highest BCUT2D eigenvalue weighted by Gasteiger charge is 2.29. The van der Waals surface area contributed by atoms with Crippen LogP contribution < -0.4 is 10.1 Å². The number of carbonyl (C=O) groups is 1. The first-order chi connectivity index (χ1) is 16.3. The fraction of sp³-hybridized carbons (Fsp3) is 0.233. The summed E-state index contributed by atoms with van der Waals surface area (Å²) in [6, 6.07) is 28.9. The van der Waals surface area contributed by atoms with Crippen LogP contribution in [0.15, 0.2) is 84.9 Å². The van der Waals surface area contributed by atoms with Gasteiger partial charge in [-0.3, -0.25) is 4.79 Å². The first-order valence-electron chi connectivity index (χ1n) is 11.5. The van der Waals surface area contributed by atoms with Crippen molar-refractivity contribution in [1.29, 1.82) is 0 Å². The van der Waals surface area contributed by atoms with Crippen molar-refractivity contribution in [2.75, 3.05) is 7.11 Å². The van der Waals surface area contributed by atoms with Gasteiger partial charge in [-0.25, -0.2) is 0 Å². The second kappa shape index (κ2) is 9.70. The smallest absolute Gasteiger partial charge is 0.313 e. The van der Waals surface area contributed by atoms with Crippen LogP contribution in [0.1, 0.15) is 43.5 Å². The van der Waals surface area contributed by atoms with E-state index in [0.717, 1.165) is 45.3 Å². The van der Waals surface area contributed by atoms with Crippen molar-refractivity contribution in [3.05, 3.63) is 102 Å². The zero-order chi connectivity index (χ0) is 24.3. The van der Waals surface area contributed by atoms with Crippen molar-refractivity contribution in [3.8, 4) is 16.9 Å². The summed E-state index contributed by atoms with van der Waals surface area (Å²) in [4.78, 5) is 11.8. The van der Waals surface area contributed by atoms with Gasteiger partial charge in [0.25, 0.3) is 0 Å². The summed E-state index contributed by atoms with van der Waals surface area (Å²) in [5.41, 5.74) is 4.29. The van der Waals surface area contributed by atoms with E-state index in [2.05, 4.69) is 48.6 Å². The van der Waals surface area contributed by atoms with E-state index in [4.69, 9.17) is 4.74 Å². The van der Waals surface area contributed by atoms with Crippen LogP contribution in [0.4, 0.5) is 0 Å². The van der Waals surface area contributed by atoms with Gasteiger partial charge in [0, 0.05) is 12.6 Å². The van der Waals surface area contributed by atoms with Crippen LogP contribution in [0, 0.1) is 0 Å². The lowest BCUT2D eigenvalue weighted by Crippen LogP contribution is -2.28. The molecule has 0 fully saturated rings. The predicted molar refractivity (Wildman–Crippen MR) is 138 cm³/mol. The van der Waals surface area contributed by atoms with Crippen molar-refractivity contribution in [3.63, 3.8) is 0 Å². The van der Waals surface area contributed by atoms with Crippen LogP contribution in [-0.4, -0.2) is 18.2 Å². The Morgan fingerprint density at radius 3 is 2.50 bits per heavy atom. The van der Waals surface area contributed by atoms with Crippen LogP contribution in [0.5, 0.6) is 5.75 Å². The molecular weight excluding hydrogens is 422 g/mol. The van der Waals surface area contributed by atoms with Gasteiger partial charge in [0.1, 0.15) is 5.75 Å². The molecule has 2 N–H and O–H groups in total. The van der Waals surface area contributed by atoms with Crippen molar-refractivity contribution >= 4 is 16.7 Å². The molecule has 0 radical (unpaired) electrons. The Labute approximate surface area is 201 Å². The fourth-order valence-corrected chi connectivity index (χ4v) is 4.19. The van der Waals surface area contributed by atoms with Crippen molar-refractivity contribution in [2.45, 2.75) is 38.8 Å². The third-order valence-corrected chi connectivity index (χ3v) is 6.56. The van der Waals surface area contributed by atoms with E-state index in [1.165, 1.54) is 5.56 Å². The van der Waals surface area contributed by atoms with Gasteiger partial charge in [-0.05, 0) is 83.6 Å². The number of hydrogen-bond acceptors (Lipinski definition) is 3. The number of nitrogens with one attached hydrogen (secondary N) is 1. The molecule has 0 spiro atoms. The summed E-state index contributed by atoms with van der Waals surface area (Å²) < 4.78 is 5.34. The molecule has 0 saturated carbocycles. The van der Waals surface area contributed by atoms with Crippen molar-refractivity contribution in [1.82, 2.24) is 5.32 Å². The van der Waals surface area contributed by atoms with Gasteiger partial charge in [0.2, 0.25) is 0 Å². The molecule has 0 heterocycles. The maximum absolute atomic E-state index is 11.8. The molecule has 0 aliphatic carbocycles. The van der Waals surface area contributed by atoms with Crippen molar-refractivity contribution < 1.29 is 14.6 Å². The van der Waals surface area contributed by atoms with Gasteiger partial charge < -0.3 is 15.2 Å². The predicted octanol–water partition coefficient (Wildman–Crippen LogP) is 6.73. The van der Waals surface area contributed by atoms with Gasteiger partial charge >= 0.3 is 5.97 Å². The number of carboxylic acids is 1. The van der Waals surface area contributed by atoms with Crippen LogP contribution in [0.3, 0.4) is 0 Å². The molecule has 4 aromatic rings. The normalized spacial score (nSPS) is 12.5. The van der Waals surface area contributed by atoms with E-state index in [1.807, 2.05) is 48.5 Å². The molecule has 4 nitrogen and oxygen atoms in total. The minimum atomic E-state index is -0.963. The lowest BCUT2D eigenvalue weighted by molar-refractivity contribution is -0.142. The Hall–Kier alpha value is -3.63. The monoisotopic (exact) mass is 453 g/mol. The van der Waals surface area contributed by atoms with Gasteiger partial charge in [0.15, 0.2) is 0 Å². The third kappa shape index (κ3) is 4.82. The van der Waals surface area contributed by atoms with Crippen molar-refractivity contribution in [2.24, 2.45) is 0 Å². The van der Waals surface area contributed by atoms with E-state index < -0.39 is 11.4 Å². The zero-order valence-electron chi connectivity index (χ0n) is 20.1. The molecule has 0 aromatic heterocycles. The fourth-order valence-electron chi connectivity index (χ4n) is 4.19. The lowest BCUT2D eigenvalue weighted by Gasteiger charge is -2.21. The maximum Gasteiger partial charge on any atom is 0.313 e. The van der Waals surface area contributed by atoms with Crippen LogP contribution in [0.2, 0.25) is 0 Å². The van der Waals surface area contributed by atoms with Gasteiger partial charge in [0.05, 0.1) is 12.5 Å². The Morgan fingerprint density at radius 2 is 1.74 bits per heavy atom. The molecule has 4 aromatic carbocycles. The number of rotatable bonds is 8. The summed E-state index contributed by atoms with van der Waals surface area (Å²) in [6.07, 6.45) is 0. The molecule has 0 aliphatic rings. The summed E-state index contributed by atoms with van der Waals surface area (Å²) in [6.45, 7) is 6.38. The van der Waals surface area contributed by atoms with Crippen LogP contribution in [-0.2, 0) is 16.8 Å². The molecule has 4 rings (SSSR count). The molecule has 1 unspecified atom stereocenters. The number of fused-ring (bicyclic) bond motifs is 1. The number of carboxylic acid groups (broad SMARTS) is 1. The molecular formula is C30H31NO3. The van der Waals surface area contributed by atoms with Gasteiger partial charge in [-0.15, -0.1) is 0 Å². The Balaban J connectivity index is 1.71. The molecule has 0 saturated heterocycles. The second-order valence-corrected chi connectivity index (χ2v) is 9.25. The molecule has 0 bridgehead atoms. The standard InChI is InChI=1S/C30H31NO3/c1-20(31-19-21-9-7-13-26(15-21)34-4)24-16-22-10-5-6-14-27(22)28(18-24)23-11-8-12-25(17-23)30(2,3)29(32)33/h5-18,20,31H,19H2,1-4H3,(H,32,33). The lowest BCUT2D eigenvalue weighted by atomic mass is 9.83. The topological polar surface area (TPSA) is 58.6 Å². The first kappa shape index (κ1) is 23.5. The highest BCUT2D eigenvalue weighted by molar-refractivity contribution is 5.97. The molecule has 1 atom stereocenters. The van der Waals surface area contributed by atoms with Gasteiger partial charge in [-0.1, -0.05) is 60.7 Å². The van der Waals surface area contributed by atoms with Crippen LogP contribution in [0.25, 0.3) is 21.9 Å². The third-order valence-electron chi connectivity index (χ3n) is 6.56. The number of hydrogen-bond donors (Lipinski definition) is 2. The molecule has 0 amide bonds. The second-order valence-electron chi connectivity index (χ2n) is 9.25. The number of ether oxygens (including phenoxy) is 1. The summed E-state index contributed by atoms with van der Waals surface area (Å²) in [5, 5.41) is 15.7. The minimum absolute atomic E-state index is 0.119. The SMILES string of the molecule is COc1cccc(CNC(C)c2cc(-c3cccc(C(C)(C)C(=O)O)c3)c3ccccc3c2)c1. The quantitative estimate of drug-likeness (QED) is 0.311. The molecule has 4 heteroatoms. The van der Waals surface area contributed by atoms with E-state index in [0.29, 0.717) is 0 Å². The maximum atomic E-state index is 11.8. The van der Waals surface area contributed by atoms with E-state index in [1.54, 1.807) is 21.0 Å². The summed E-state index contributed by atoms with van der Waals surface area (Å²) in [7, 11) is 1.68. The number of benzene rings is 4. The van der Waals surface area contributed by atoms with E-state index in [-0.39, 0.29) is 6.04 Å². The zero-order valence-corrected chi connectivity index (χ0v) is 20.1. The summed E-state index contributed by atoms with van der Waals surface area (Å²) >= 11 is 0. The minimum Gasteiger partial charge on any atom is -0.497 e. The highest BCUT2D eigenvalue weighted by atomic mass is 16.5.